The van der Waals surface area contributed by atoms with Crippen LogP contribution >= 0.6 is 0 Å². The molecule has 0 saturated heterocycles. The number of methoxy groups -OCH3 is 1. The van der Waals surface area contributed by atoms with Gasteiger partial charge in [0, 0.05) is 47.9 Å². The van der Waals surface area contributed by atoms with E-state index in [9.17, 15) is 0 Å². The second-order valence-corrected chi connectivity index (χ2v) is 5.61. The second-order valence-electron chi connectivity index (χ2n) is 5.61. The normalized spacial score (nSPS) is 11.1. The molecule has 0 unspecified atom stereocenters. The summed E-state index contributed by atoms with van der Waals surface area (Å²) < 4.78 is 7.23. The summed E-state index contributed by atoms with van der Waals surface area (Å²) in [7, 11) is 3.54. The van der Waals surface area contributed by atoms with Crippen LogP contribution in [-0.4, -0.2) is 26.9 Å². The fraction of sp³-hybridized carbons (Fsp3) is 0.111. The van der Waals surface area contributed by atoms with Gasteiger partial charge in [-0.25, -0.2) is 4.98 Å². The number of nitrogens with one attached hydrogen (secondary N) is 1. The number of hydrogen-bond donors (Lipinski definition) is 2. The molecule has 0 saturated carbocycles. The van der Waals surface area contributed by atoms with Crippen LogP contribution in [-0.2, 0) is 7.05 Å². The van der Waals surface area contributed by atoms with Crippen molar-refractivity contribution in [1.29, 1.82) is 0 Å². The van der Waals surface area contributed by atoms with E-state index in [1.165, 1.54) is 0 Å². The number of fused-ring (bicyclic) bond motifs is 1. The lowest BCUT2D eigenvalue weighted by Gasteiger charge is -2.09. The minimum absolute atomic E-state index is 0.676. The Balaban J connectivity index is 1.98. The number of anilines is 1. The molecule has 3 heterocycles. The Kier molecular flexibility index (Phi) is 3.23. The molecule has 3 N–H and O–H groups in total. The van der Waals surface area contributed by atoms with Crippen LogP contribution in [0.2, 0.25) is 0 Å². The predicted molar refractivity (Wildman–Crippen MR) is 94.7 cm³/mol. The summed E-state index contributed by atoms with van der Waals surface area (Å²) in [5.41, 5.74) is 11.7. The molecular weight excluding hydrogens is 302 g/mol. The smallest absolute Gasteiger partial charge is 0.139 e. The third-order valence-corrected chi connectivity index (χ3v) is 4.15. The number of ether oxygens (including phenoxy) is 1. The first-order chi connectivity index (χ1) is 11.7. The molecule has 4 rings (SSSR count). The maximum Gasteiger partial charge on any atom is 0.139 e. The highest BCUT2D eigenvalue weighted by atomic mass is 16.5. The van der Waals surface area contributed by atoms with Gasteiger partial charge in [0.2, 0.25) is 0 Å². The number of benzene rings is 1. The summed E-state index contributed by atoms with van der Waals surface area (Å²) in [6.45, 7) is 0. The zero-order valence-electron chi connectivity index (χ0n) is 13.4. The van der Waals surface area contributed by atoms with Crippen molar-refractivity contribution < 1.29 is 4.74 Å². The van der Waals surface area contributed by atoms with Gasteiger partial charge >= 0.3 is 0 Å². The molecule has 0 aliphatic carbocycles. The Labute approximate surface area is 138 Å². The number of nitrogens with two attached hydrogens (primary N) is 1. The monoisotopic (exact) mass is 319 g/mol. The summed E-state index contributed by atoms with van der Waals surface area (Å²) in [6.07, 6.45) is 7.40. The van der Waals surface area contributed by atoms with Crippen LogP contribution in [0, 0.1) is 0 Å². The number of nitrogen functional groups attached to an aromatic ring is 1. The van der Waals surface area contributed by atoms with E-state index in [0.29, 0.717) is 5.69 Å². The van der Waals surface area contributed by atoms with E-state index in [4.69, 9.17) is 10.5 Å². The van der Waals surface area contributed by atoms with Gasteiger partial charge in [-0.15, -0.1) is 0 Å². The largest absolute Gasteiger partial charge is 0.496 e. The van der Waals surface area contributed by atoms with Gasteiger partial charge in [0.05, 0.1) is 24.4 Å². The fourth-order valence-electron chi connectivity index (χ4n) is 2.99. The quantitative estimate of drug-likeness (QED) is 0.607. The highest BCUT2D eigenvalue weighted by Crippen LogP contribution is 2.40. The summed E-state index contributed by atoms with van der Waals surface area (Å²) in [5.74, 6) is 0.796. The van der Waals surface area contributed by atoms with Crippen molar-refractivity contribution in [1.82, 2.24) is 19.7 Å². The van der Waals surface area contributed by atoms with Crippen molar-refractivity contribution in [3.63, 3.8) is 0 Å². The van der Waals surface area contributed by atoms with E-state index in [2.05, 4.69) is 15.1 Å². The van der Waals surface area contributed by atoms with Crippen molar-refractivity contribution in [2.24, 2.45) is 7.05 Å². The number of rotatable bonds is 3. The molecule has 1 aromatic carbocycles. The molecule has 0 bridgehead atoms. The topological polar surface area (TPSA) is 81.8 Å². The molecule has 0 amide bonds. The molecule has 0 atom stereocenters. The van der Waals surface area contributed by atoms with E-state index >= 15 is 0 Å². The Morgan fingerprint density at radius 2 is 1.96 bits per heavy atom. The lowest BCUT2D eigenvalue weighted by atomic mass is 10.0. The zero-order valence-corrected chi connectivity index (χ0v) is 13.4. The van der Waals surface area contributed by atoms with Gasteiger partial charge in [0.25, 0.3) is 0 Å². The maximum absolute atomic E-state index is 6.50. The Bertz CT molecular complexity index is 1030. The SMILES string of the molecule is COc1ccccc1-c1c[nH]c2ncc(-c3cnn(C)c3)c(N)c12. The predicted octanol–water partition coefficient (Wildman–Crippen LogP) is 3.22. The number of aryl methyl sites for hydroxylation is 1. The standard InChI is InChI=1S/C18H17N5O/c1-23-10-11(7-22-23)13-8-20-18-16(17(13)19)14(9-21-18)12-5-3-4-6-15(12)24-2/h3-10H,1-2H3,(H3,19,20,21). The molecule has 120 valence electrons. The van der Waals surface area contributed by atoms with Crippen LogP contribution in [0.4, 0.5) is 5.69 Å². The van der Waals surface area contributed by atoms with E-state index in [1.807, 2.05) is 43.7 Å². The van der Waals surface area contributed by atoms with E-state index in [-0.39, 0.29) is 0 Å². The van der Waals surface area contributed by atoms with E-state index in [0.717, 1.165) is 39.0 Å². The lowest BCUT2D eigenvalue weighted by molar-refractivity contribution is 0.416. The van der Waals surface area contributed by atoms with Crippen molar-refractivity contribution in [2.45, 2.75) is 0 Å². The molecule has 0 fully saturated rings. The number of H-pyrrole nitrogens is 1. The number of aromatic amines is 1. The molecule has 0 spiro atoms. The van der Waals surface area contributed by atoms with Crippen LogP contribution in [0.15, 0.2) is 49.1 Å². The number of pyridine rings is 1. The molecule has 3 aromatic heterocycles. The van der Waals surface area contributed by atoms with Gasteiger partial charge in [0.1, 0.15) is 11.4 Å². The van der Waals surface area contributed by atoms with Crippen molar-refractivity contribution in [3.05, 3.63) is 49.1 Å². The first kappa shape index (κ1) is 14.3. The Morgan fingerprint density at radius 3 is 2.71 bits per heavy atom. The minimum atomic E-state index is 0.676. The lowest BCUT2D eigenvalue weighted by Crippen LogP contribution is -1.94. The van der Waals surface area contributed by atoms with Crippen LogP contribution in [0.3, 0.4) is 0 Å². The minimum Gasteiger partial charge on any atom is -0.496 e. The van der Waals surface area contributed by atoms with Crippen molar-refractivity contribution in [3.8, 4) is 28.0 Å². The van der Waals surface area contributed by atoms with Crippen molar-refractivity contribution >= 4 is 16.7 Å². The third-order valence-electron chi connectivity index (χ3n) is 4.15. The van der Waals surface area contributed by atoms with Crippen LogP contribution < -0.4 is 10.5 Å². The summed E-state index contributed by atoms with van der Waals surface area (Å²) in [5, 5.41) is 5.11. The first-order valence-electron chi connectivity index (χ1n) is 7.57. The van der Waals surface area contributed by atoms with Gasteiger partial charge < -0.3 is 15.5 Å². The van der Waals surface area contributed by atoms with Gasteiger partial charge in [-0.2, -0.15) is 5.10 Å². The number of hydrogen-bond acceptors (Lipinski definition) is 4. The second kappa shape index (κ2) is 5.42. The Morgan fingerprint density at radius 1 is 1.12 bits per heavy atom. The molecule has 6 nitrogen and oxygen atoms in total. The average molecular weight is 319 g/mol. The number of nitrogens with zero attached hydrogens (tertiary/aromatic N) is 3. The molecule has 6 heteroatoms. The van der Waals surface area contributed by atoms with Crippen LogP contribution in [0.25, 0.3) is 33.3 Å². The van der Waals surface area contributed by atoms with Gasteiger partial charge in [-0.1, -0.05) is 18.2 Å². The molecule has 24 heavy (non-hydrogen) atoms. The molecular formula is C18H17N5O. The van der Waals surface area contributed by atoms with Crippen molar-refractivity contribution in [2.75, 3.05) is 12.8 Å². The zero-order chi connectivity index (χ0) is 16.7. The molecule has 4 aromatic rings. The van der Waals surface area contributed by atoms with Crippen LogP contribution in [0.1, 0.15) is 0 Å². The summed E-state index contributed by atoms with van der Waals surface area (Å²) in [6, 6.07) is 7.87. The van der Waals surface area contributed by atoms with Gasteiger partial charge in [0.15, 0.2) is 0 Å². The maximum atomic E-state index is 6.50. The van der Waals surface area contributed by atoms with Gasteiger partial charge in [-0.3, -0.25) is 4.68 Å². The highest BCUT2D eigenvalue weighted by Gasteiger charge is 2.17. The first-order valence-corrected chi connectivity index (χ1v) is 7.57. The summed E-state index contributed by atoms with van der Waals surface area (Å²) >= 11 is 0. The summed E-state index contributed by atoms with van der Waals surface area (Å²) in [4.78, 5) is 7.71. The highest BCUT2D eigenvalue weighted by molar-refractivity contribution is 6.06. The van der Waals surface area contributed by atoms with E-state index < -0.39 is 0 Å². The van der Waals surface area contributed by atoms with Gasteiger partial charge in [-0.05, 0) is 6.07 Å². The number of aromatic nitrogens is 4. The Hall–Kier alpha value is -3.28. The number of para-hydroxylation sites is 1. The average Bonchev–Trinajstić information content (AvgIpc) is 3.22. The van der Waals surface area contributed by atoms with E-state index in [1.54, 1.807) is 24.2 Å². The molecule has 0 radical (unpaired) electrons. The molecule has 0 aliphatic rings. The molecule has 0 aliphatic heterocycles. The van der Waals surface area contributed by atoms with Crippen LogP contribution in [0.5, 0.6) is 5.75 Å². The third kappa shape index (κ3) is 2.11. The fourth-order valence-corrected chi connectivity index (χ4v) is 2.99.